The molecule has 7 aliphatic rings. The van der Waals surface area contributed by atoms with Crippen molar-refractivity contribution in [1.82, 2.24) is 20.0 Å². The van der Waals surface area contributed by atoms with Gasteiger partial charge in [0.1, 0.15) is 6.61 Å². The van der Waals surface area contributed by atoms with E-state index in [1.54, 1.807) is 14.2 Å². The Morgan fingerprint density at radius 1 is 0.878 bits per heavy atom. The van der Waals surface area contributed by atoms with Crippen LogP contribution in [0.15, 0.2) is 0 Å². The van der Waals surface area contributed by atoms with E-state index in [9.17, 15) is 9.59 Å². The van der Waals surface area contributed by atoms with Crippen LogP contribution in [0.5, 0.6) is 0 Å². The number of piperidine rings is 2. The predicted molar refractivity (Wildman–Crippen MR) is 154 cm³/mol. The Bertz CT molecular complexity index is 952. The van der Waals surface area contributed by atoms with Crippen molar-refractivity contribution in [2.75, 3.05) is 53.6 Å². The largest absolute Gasteiger partial charge is 0.379 e. The van der Waals surface area contributed by atoms with E-state index in [4.69, 9.17) is 14.2 Å². The van der Waals surface area contributed by atoms with E-state index in [0.29, 0.717) is 29.7 Å². The molecule has 230 valence electrons. The van der Waals surface area contributed by atoms with Gasteiger partial charge in [0.25, 0.3) is 0 Å². The minimum Gasteiger partial charge on any atom is -0.379 e. The van der Waals surface area contributed by atoms with Crippen LogP contribution in [-0.4, -0.2) is 123 Å². The molecule has 0 aromatic rings. The molecule has 2 amide bonds. The Labute approximate surface area is 246 Å². The molecule has 0 spiro atoms. The van der Waals surface area contributed by atoms with E-state index in [0.717, 1.165) is 77.3 Å². The molecule has 0 aromatic carbocycles. The summed E-state index contributed by atoms with van der Waals surface area (Å²) in [6.07, 6.45) is 12.6. The van der Waals surface area contributed by atoms with Crippen LogP contribution >= 0.6 is 0 Å². The van der Waals surface area contributed by atoms with Gasteiger partial charge in [-0.2, -0.15) is 0 Å². The van der Waals surface area contributed by atoms with Crippen LogP contribution < -0.4 is 5.32 Å². The summed E-state index contributed by atoms with van der Waals surface area (Å²) >= 11 is 0. The summed E-state index contributed by atoms with van der Waals surface area (Å²) in [4.78, 5) is 34.3. The average Bonchev–Trinajstić information content (AvgIpc) is 3.37. The average molecular weight is 573 g/mol. The fraction of sp³-hybridized carbons (Fsp3) is 0.938. The Balaban J connectivity index is 0.969. The third kappa shape index (κ3) is 5.05. The van der Waals surface area contributed by atoms with Crippen molar-refractivity contribution in [2.45, 2.75) is 113 Å². The molecule has 4 aliphatic heterocycles. The molecule has 7 fully saturated rings. The summed E-state index contributed by atoms with van der Waals surface area (Å²) in [5.74, 6) is 1.61. The quantitative estimate of drug-likeness (QED) is 0.523. The third-order valence-electron chi connectivity index (χ3n) is 12.4. The van der Waals surface area contributed by atoms with E-state index >= 15 is 0 Å². The van der Waals surface area contributed by atoms with E-state index in [2.05, 4.69) is 15.1 Å². The molecule has 0 aromatic heterocycles. The zero-order valence-corrected chi connectivity index (χ0v) is 25.3. The van der Waals surface area contributed by atoms with Gasteiger partial charge in [-0.15, -0.1) is 0 Å². The Morgan fingerprint density at radius 2 is 1.68 bits per heavy atom. The maximum absolute atomic E-state index is 14.2. The molecule has 0 bridgehead atoms. The maximum Gasteiger partial charge on any atom is 0.248 e. The summed E-state index contributed by atoms with van der Waals surface area (Å²) in [6, 6.07) is 1.63. The van der Waals surface area contributed by atoms with E-state index < -0.39 is 0 Å². The first-order valence-corrected chi connectivity index (χ1v) is 16.8. The second-order valence-corrected chi connectivity index (χ2v) is 14.1. The summed E-state index contributed by atoms with van der Waals surface area (Å²) in [6.45, 7) is 4.88. The van der Waals surface area contributed by atoms with Crippen LogP contribution in [0.4, 0.5) is 0 Å². The smallest absolute Gasteiger partial charge is 0.248 e. The summed E-state index contributed by atoms with van der Waals surface area (Å²) in [5, 5.41) is 3.87. The van der Waals surface area contributed by atoms with E-state index in [1.807, 2.05) is 4.90 Å². The molecule has 4 heterocycles. The van der Waals surface area contributed by atoms with Gasteiger partial charge in [0.15, 0.2) is 0 Å². The van der Waals surface area contributed by atoms with Crippen LogP contribution in [0.2, 0.25) is 0 Å². The van der Waals surface area contributed by atoms with Gasteiger partial charge in [0, 0.05) is 58.5 Å². The second kappa shape index (κ2) is 12.0. The van der Waals surface area contributed by atoms with Gasteiger partial charge in [-0.05, 0) is 75.7 Å². The fourth-order valence-corrected chi connectivity index (χ4v) is 10.6. The number of hydrogen-bond acceptors (Lipinski definition) is 7. The van der Waals surface area contributed by atoms with Gasteiger partial charge in [0.2, 0.25) is 11.8 Å². The summed E-state index contributed by atoms with van der Waals surface area (Å²) in [5.41, 5.74) is 0. The van der Waals surface area contributed by atoms with Crippen LogP contribution in [0.25, 0.3) is 0 Å². The van der Waals surface area contributed by atoms with Crippen molar-refractivity contribution < 1.29 is 23.8 Å². The molecule has 4 saturated heterocycles. The molecule has 9 nitrogen and oxygen atoms in total. The van der Waals surface area contributed by atoms with Crippen LogP contribution in [0, 0.1) is 23.7 Å². The van der Waals surface area contributed by atoms with Crippen molar-refractivity contribution in [1.29, 1.82) is 0 Å². The third-order valence-corrected chi connectivity index (χ3v) is 12.4. The summed E-state index contributed by atoms with van der Waals surface area (Å²) in [7, 11) is 3.49. The molecular formula is C32H52N4O5. The SMILES string of the molecule is COC1CCC2C3NCCC4C5CC(OCC(=O)N6CCN(C7CCCCC7)CC6)CCC5N(C(=O)C2C1OC)C43. The number of ether oxygens (including phenoxy) is 3. The number of methoxy groups -OCH3 is 2. The molecule has 3 aliphatic carbocycles. The number of carbonyl (C=O) groups excluding carboxylic acids is 2. The van der Waals surface area contributed by atoms with Crippen molar-refractivity contribution >= 4 is 11.8 Å². The van der Waals surface area contributed by atoms with Crippen molar-refractivity contribution in [3.8, 4) is 0 Å². The first-order valence-electron chi connectivity index (χ1n) is 16.8. The van der Waals surface area contributed by atoms with Gasteiger partial charge in [0.05, 0.1) is 30.3 Å². The fourth-order valence-electron chi connectivity index (χ4n) is 10.6. The van der Waals surface area contributed by atoms with Crippen molar-refractivity contribution in [3.05, 3.63) is 0 Å². The highest BCUT2D eigenvalue weighted by molar-refractivity contribution is 5.83. The molecule has 10 unspecified atom stereocenters. The van der Waals surface area contributed by atoms with Crippen LogP contribution in [0.3, 0.4) is 0 Å². The van der Waals surface area contributed by atoms with Gasteiger partial charge in [-0.1, -0.05) is 19.3 Å². The minimum absolute atomic E-state index is 0.0172. The second-order valence-electron chi connectivity index (χ2n) is 14.1. The first-order chi connectivity index (χ1) is 20.1. The Morgan fingerprint density at radius 3 is 2.44 bits per heavy atom. The normalized spacial score (nSPS) is 43.4. The van der Waals surface area contributed by atoms with E-state index in [1.165, 1.54) is 32.1 Å². The lowest BCUT2D eigenvalue weighted by Gasteiger charge is -2.55. The lowest BCUT2D eigenvalue weighted by Crippen LogP contribution is -2.70. The van der Waals surface area contributed by atoms with Crippen molar-refractivity contribution in [3.63, 3.8) is 0 Å². The minimum atomic E-state index is -0.177. The highest BCUT2D eigenvalue weighted by Crippen LogP contribution is 2.54. The molecule has 7 rings (SSSR count). The molecule has 1 N–H and O–H groups in total. The zero-order chi connectivity index (χ0) is 28.1. The number of rotatable bonds is 6. The first kappa shape index (κ1) is 28.5. The van der Waals surface area contributed by atoms with Gasteiger partial charge < -0.3 is 29.3 Å². The van der Waals surface area contributed by atoms with Gasteiger partial charge in [-0.3, -0.25) is 14.5 Å². The van der Waals surface area contributed by atoms with Crippen molar-refractivity contribution in [2.24, 2.45) is 23.7 Å². The topological polar surface area (TPSA) is 83.6 Å². The molecule has 3 saturated carbocycles. The summed E-state index contributed by atoms with van der Waals surface area (Å²) < 4.78 is 18.1. The molecular weight excluding hydrogens is 520 g/mol. The van der Waals surface area contributed by atoms with Crippen LogP contribution in [0.1, 0.15) is 70.6 Å². The lowest BCUT2D eigenvalue weighted by molar-refractivity contribution is -0.175. The number of piperazine rings is 1. The number of nitrogens with one attached hydrogen (secondary N) is 1. The molecule has 41 heavy (non-hydrogen) atoms. The Kier molecular flexibility index (Phi) is 8.36. The highest BCUT2D eigenvalue weighted by Gasteiger charge is 2.64. The molecule has 0 radical (unpaired) electrons. The number of hydrogen-bond donors (Lipinski definition) is 1. The Hall–Kier alpha value is -1.26. The highest BCUT2D eigenvalue weighted by atomic mass is 16.5. The number of amides is 2. The zero-order valence-electron chi connectivity index (χ0n) is 25.3. The lowest BCUT2D eigenvalue weighted by atomic mass is 9.64. The van der Waals surface area contributed by atoms with Gasteiger partial charge >= 0.3 is 0 Å². The van der Waals surface area contributed by atoms with E-state index in [-0.39, 0.29) is 48.8 Å². The maximum atomic E-state index is 14.2. The van der Waals surface area contributed by atoms with Crippen LogP contribution in [-0.2, 0) is 23.8 Å². The monoisotopic (exact) mass is 572 g/mol. The molecule has 9 heteroatoms. The van der Waals surface area contributed by atoms with Gasteiger partial charge in [-0.25, -0.2) is 0 Å². The predicted octanol–water partition coefficient (Wildman–Crippen LogP) is 2.28. The molecule has 10 atom stereocenters. The number of carbonyl (C=O) groups is 2. The standard InChI is InChI=1S/C32H52N4O5/c1-39-26-11-9-23-28(31(26)40-2)32(38)36-25-10-8-21(18-24(25)22-12-13-33-29(23)30(22)36)41-19-27(37)35-16-14-34(15-17-35)20-6-4-3-5-7-20/h20-26,28-31,33H,3-19H2,1-2H3. The number of fused-ring (bicyclic) bond motifs is 5. The number of nitrogens with zero attached hydrogens (tertiary/aromatic N) is 3.